The summed E-state index contributed by atoms with van der Waals surface area (Å²) in [6.07, 6.45) is 3.25. The van der Waals surface area contributed by atoms with Gasteiger partial charge in [0.25, 0.3) is 11.8 Å². The second-order valence-electron chi connectivity index (χ2n) is 6.30. The summed E-state index contributed by atoms with van der Waals surface area (Å²) < 4.78 is 3.80. The van der Waals surface area contributed by atoms with Crippen LogP contribution in [0.25, 0.3) is 0 Å². The standard InChI is InChI=1S/C18H12ClN5O2S/c19-12-3-1-11(2-4-12)18-14-9-20-6-5-13(14)16(25)23(18)7-8-24(18)17(26)15-10-27-22-21-15/h1-6,9-10H,7-8H2. The number of hydrogen-bond acceptors (Lipinski definition) is 6. The van der Waals surface area contributed by atoms with E-state index in [4.69, 9.17) is 11.6 Å². The summed E-state index contributed by atoms with van der Waals surface area (Å²) in [5.74, 6) is -0.389. The Balaban J connectivity index is 1.78. The molecule has 3 aromatic rings. The minimum absolute atomic E-state index is 0.117. The van der Waals surface area contributed by atoms with Gasteiger partial charge in [0.1, 0.15) is 0 Å². The average Bonchev–Trinajstić information content (AvgIpc) is 3.40. The highest BCUT2D eigenvalue weighted by molar-refractivity contribution is 7.03. The third kappa shape index (κ3) is 2.11. The molecule has 2 amide bonds. The minimum Gasteiger partial charge on any atom is -0.306 e. The van der Waals surface area contributed by atoms with E-state index >= 15 is 0 Å². The zero-order valence-corrected chi connectivity index (χ0v) is 15.4. The Labute approximate surface area is 163 Å². The van der Waals surface area contributed by atoms with Crippen molar-refractivity contribution in [3.8, 4) is 0 Å². The molecule has 0 N–H and O–H groups in total. The lowest BCUT2D eigenvalue weighted by Gasteiger charge is -2.39. The summed E-state index contributed by atoms with van der Waals surface area (Å²) in [7, 11) is 0. The Morgan fingerprint density at radius 1 is 1.19 bits per heavy atom. The van der Waals surface area contributed by atoms with E-state index in [1.807, 2.05) is 12.1 Å². The fourth-order valence-electron chi connectivity index (χ4n) is 4.01. The number of rotatable bonds is 2. The molecule has 0 bridgehead atoms. The largest absolute Gasteiger partial charge is 0.306 e. The molecule has 2 aromatic heterocycles. The van der Waals surface area contributed by atoms with Crippen LogP contribution in [0.2, 0.25) is 5.02 Å². The Morgan fingerprint density at radius 2 is 2.00 bits per heavy atom. The van der Waals surface area contributed by atoms with Gasteiger partial charge in [-0.05, 0) is 29.7 Å². The van der Waals surface area contributed by atoms with Crippen LogP contribution in [0.4, 0.5) is 0 Å². The molecule has 27 heavy (non-hydrogen) atoms. The van der Waals surface area contributed by atoms with Crippen LogP contribution >= 0.6 is 23.1 Å². The third-order valence-corrected chi connectivity index (χ3v) is 5.83. The molecule has 134 valence electrons. The summed E-state index contributed by atoms with van der Waals surface area (Å²) >= 11 is 7.19. The van der Waals surface area contributed by atoms with Crippen LogP contribution in [0.1, 0.15) is 32.0 Å². The highest BCUT2D eigenvalue weighted by atomic mass is 35.5. The minimum atomic E-state index is -1.06. The highest BCUT2D eigenvalue weighted by Crippen LogP contribution is 2.49. The summed E-state index contributed by atoms with van der Waals surface area (Å²) in [4.78, 5) is 34.0. The molecule has 7 nitrogen and oxygen atoms in total. The first-order valence-electron chi connectivity index (χ1n) is 8.25. The molecule has 2 aliphatic heterocycles. The van der Waals surface area contributed by atoms with Crippen molar-refractivity contribution >= 4 is 34.9 Å². The van der Waals surface area contributed by atoms with Crippen LogP contribution in [-0.2, 0) is 5.66 Å². The first kappa shape index (κ1) is 16.3. The van der Waals surface area contributed by atoms with Gasteiger partial charge in [0.2, 0.25) is 0 Å². The van der Waals surface area contributed by atoms with Crippen molar-refractivity contribution in [3.63, 3.8) is 0 Å². The van der Waals surface area contributed by atoms with Crippen molar-refractivity contribution < 1.29 is 9.59 Å². The number of hydrogen-bond donors (Lipinski definition) is 0. The molecule has 2 aliphatic rings. The number of halogens is 1. The Hall–Kier alpha value is -2.84. The van der Waals surface area contributed by atoms with Crippen LogP contribution in [0.5, 0.6) is 0 Å². The third-order valence-electron chi connectivity index (χ3n) is 5.07. The van der Waals surface area contributed by atoms with Crippen molar-refractivity contribution in [3.05, 3.63) is 75.5 Å². The van der Waals surface area contributed by atoms with Crippen molar-refractivity contribution in [2.45, 2.75) is 5.66 Å². The predicted molar refractivity (Wildman–Crippen MR) is 98.5 cm³/mol. The molecule has 0 spiro atoms. The zero-order chi connectivity index (χ0) is 18.6. The van der Waals surface area contributed by atoms with E-state index in [0.717, 1.165) is 17.1 Å². The Morgan fingerprint density at radius 3 is 2.74 bits per heavy atom. The highest BCUT2D eigenvalue weighted by Gasteiger charge is 2.60. The van der Waals surface area contributed by atoms with Crippen molar-refractivity contribution in [2.24, 2.45) is 0 Å². The van der Waals surface area contributed by atoms with Gasteiger partial charge in [-0.1, -0.05) is 28.2 Å². The second kappa shape index (κ2) is 5.83. The van der Waals surface area contributed by atoms with E-state index in [-0.39, 0.29) is 17.5 Å². The molecule has 1 unspecified atom stereocenters. The van der Waals surface area contributed by atoms with E-state index in [0.29, 0.717) is 29.2 Å². The van der Waals surface area contributed by atoms with Crippen LogP contribution < -0.4 is 0 Å². The summed E-state index contributed by atoms with van der Waals surface area (Å²) in [5, 5.41) is 6.12. The number of carbonyl (C=O) groups excluding carboxylic acids is 2. The van der Waals surface area contributed by atoms with E-state index < -0.39 is 5.66 Å². The summed E-state index contributed by atoms with van der Waals surface area (Å²) in [6.45, 7) is 0.804. The number of pyridine rings is 1. The normalized spacial score (nSPS) is 20.7. The quantitative estimate of drug-likeness (QED) is 0.663. The molecular weight excluding hydrogens is 386 g/mol. The molecule has 0 radical (unpaired) electrons. The van der Waals surface area contributed by atoms with Gasteiger partial charge in [-0.25, -0.2) is 0 Å². The molecule has 1 aromatic carbocycles. The molecule has 5 rings (SSSR count). The smallest absolute Gasteiger partial charge is 0.277 e. The second-order valence-corrected chi connectivity index (χ2v) is 7.35. The topological polar surface area (TPSA) is 79.3 Å². The number of benzene rings is 1. The SMILES string of the molecule is O=C(c1csnn1)N1CCN2C(=O)c3ccncc3C12c1ccc(Cl)cc1. The molecule has 1 fully saturated rings. The monoisotopic (exact) mass is 397 g/mol. The van der Waals surface area contributed by atoms with Gasteiger partial charge < -0.3 is 9.80 Å². The predicted octanol–water partition coefficient (Wildman–Crippen LogP) is 2.40. The Bertz CT molecular complexity index is 1060. The number of nitrogens with zero attached hydrogens (tertiary/aromatic N) is 5. The molecule has 0 saturated carbocycles. The zero-order valence-electron chi connectivity index (χ0n) is 13.9. The fraction of sp³-hybridized carbons (Fsp3) is 0.167. The van der Waals surface area contributed by atoms with Gasteiger partial charge in [0, 0.05) is 47.0 Å². The van der Waals surface area contributed by atoms with Crippen LogP contribution in [0.15, 0.2) is 48.1 Å². The lowest BCUT2D eigenvalue weighted by Crippen LogP contribution is -2.51. The van der Waals surface area contributed by atoms with Crippen LogP contribution in [0, 0.1) is 0 Å². The lowest BCUT2D eigenvalue weighted by molar-refractivity contribution is 0.0371. The molecule has 4 heterocycles. The molecule has 1 saturated heterocycles. The van der Waals surface area contributed by atoms with E-state index in [1.165, 1.54) is 0 Å². The number of carbonyl (C=O) groups is 2. The fourth-order valence-corrected chi connectivity index (χ4v) is 4.56. The van der Waals surface area contributed by atoms with Crippen molar-refractivity contribution in [2.75, 3.05) is 13.1 Å². The van der Waals surface area contributed by atoms with Gasteiger partial charge >= 0.3 is 0 Å². The number of aromatic nitrogens is 3. The Kier molecular flexibility index (Phi) is 3.53. The maximum atomic E-state index is 13.3. The van der Waals surface area contributed by atoms with E-state index in [2.05, 4.69) is 14.6 Å². The van der Waals surface area contributed by atoms with Crippen LogP contribution in [-0.4, -0.2) is 49.3 Å². The average molecular weight is 398 g/mol. The van der Waals surface area contributed by atoms with Gasteiger partial charge in [-0.15, -0.1) is 5.10 Å². The van der Waals surface area contributed by atoms with Crippen LogP contribution in [0.3, 0.4) is 0 Å². The van der Waals surface area contributed by atoms with E-state index in [1.54, 1.807) is 45.8 Å². The maximum Gasteiger partial charge on any atom is 0.277 e. The van der Waals surface area contributed by atoms with Gasteiger partial charge in [0.05, 0.1) is 5.56 Å². The number of fused-ring (bicyclic) bond motifs is 3. The summed E-state index contributed by atoms with van der Waals surface area (Å²) in [6, 6.07) is 8.90. The van der Waals surface area contributed by atoms with Crippen molar-refractivity contribution in [1.82, 2.24) is 24.4 Å². The van der Waals surface area contributed by atoms with E-state index in [9.17, 15) is 9.59 Å². The molecular formula is C18H12ClN5O2S. The van der Waals surface area contributed by atoms with Gasteiger partial charge in [0.15, 0.2) is 11.4 Å². The van der Waals surface area contributed by atoms with Crippen molar-refractivity contribution in [1.29, 1.82) is 0 Å². The molecule has 9 heteroatoms. The molecule has 1 atom stereocenters. The molecule has 0 aliphatic carbocycles. The lowest BCUT2D eigenvalue weighted by atomic mass is 9.91. The van der Waals surface area contributed by atoms with Gasteiger partial charge in [-0.2, -0.15) is 0 Å². The summed E-state index contributed by atoms with van der Waals surface area (Å²) in [5.41, 5.74) is 1.22. The number of amides is 2. The maximum absolute atomic E-state index is 13.3. The first-order chi connectivity index (χ1) is 13.1. The first-order valence-corrected chi connectivity index (χ1v) is 9.47. The van der Waals surface area contributed by atoms with Gasteiger partial charge in [-0.3, -0.25) is 14.6 Å².